The van der Waals surface area contributed by atoms with Gasteiger partial charge in [0.05, 0.1) is 0 Å². The van der Waals surface area contributed by atoms with Crippen LogP contribution in [0, 0.1) is 0 Å². The molecule has 2 aromatic heterocycles. The number of thiophene rings is 1. The van der Waals surface area contributed by atoms with E-state index in [0.717, 1.165) is 25.8 Å². The molecule has 0 amide bonds. The molecule has 114 valence electrons. The van der Waals surface area contributed by atoms with Crippen LogP contribution in [0.5, 0.6) is 0 Å². The smallest absolute Gasteiger partial charge is 0.248 e. The van der Waals surface area contributed by atoms with Crippen molar-refractivity contribution in [3.8, 4) is 0 Å². The van der Waals surface area contributed by atoms with Gasteiger partial charge in [-0.25, -0.2) is 0 Å². The van der Waals surface area contributed by atoms with Gasteiger partial charge in [-0.3, -0.25) is 0 Å². The molecule has 2 unspecified atom stereocenters. The molecule has 0 radical (unpaired) electrons. The summed E-state index contributed by atoms with van der Waals surface area (Å²) in [7, 11) is 0. The van der Waals surface area contributed by atoms with Crippen molar-refractivity contribution < 1.29 is 9.26 Å². The molecule has 21 heavy (non-hydrogen) atoms. The number of nitrogens with one attached hydrogen (secondary N) is 1. The van der Waals surface area contributed by atoms with Gasteiger partial charge < -0.3 is 14.6 Å². The first-order valence-corrected chi connectivity index (χ1v) is 8.46. The van der Waals surface area contributed by atoms with Gasteiger partial charge in [-0.05, 0) is 36.8 Å². The first kappa shape index (κ1) is 14.7. The van der Waals surface area contributed by atoms with Crippen molar-refractivity contribution in [2.75, 3.05) is 13.2 Å². The molecule has 0 saturated carbocycles. The molecular weight excluding hydrogens is 286 g/mol. The van der Waals surface area contributed by atoms with Crippen LogP contribution in [-0.4, -0.2) is 23.3 Å². The summed E-state index contributed by atoms with van der Waals surface area (Å²) in [4.78, 5) is 6.00. The Morgan fingerprint density at radius 3 is 3.24 bits per heavy atom. The normalized spacial score (nSPS) is 19.4. The molecule has 2 atom stereocenters. The maximum Gasteiger partial charge on any atom is 0.248 e. The summed E-state index contributed by atoms with van der Waals surface area (Å²) in [5.41, 5.74) is 1.27. The quantitative estimate of drug-likeness (QED) is 0.887. The van der Waals surface area contributed by atoms with Crippen LogP contribution in [0.4, 0.5) is 0 Å². The molecule has 1 aliphatic heterocycles. The highest BCUT2D eigenvalue weighted by atomic mass is 32.1. The van der Waals surface area contributed by atoms with Crippen molar-refractivity contribution in [2.45, 2.75) is 45.3 Å². The number of hydrogen-bond donors (Lipinski definition) is 1. The molecule has 6 heteroatoms. The molecule has 0 aliphatic carbocycles. The highest BCUT2D eigenvalue weighted by molar-refractivity contribution is 7.10. The molecule has 3 rings (SSSR count). The molecule has 0 saturated heterocycles. The summed E-state index contributed by atoms with van der Waals surface area (Å²) in [5.74, 6) is 1.31. The number of fused-ring (bicyclic) bond motifs is 1. The zero-order valence-electron chi connectivity index (χ0n) is 12.5. The second kappa shape index (κ2) is 6.68. The van der Waals surface area contributed by atoms with Gasteiger partial charge in [0.15, 0.2) is 0 Å². The summed E-state index contributed by atoms with van der Waals surface area (Å²) < 4.78 is 11.2. The molecule has 1 N–H and O–H groups in total. The first-order chi connectivity index (χ1) is 10.3. The largest absolute Gasteiger partial charge is 0.370 e. The Morgan fingerprint density at radius 1 is 1.52 bits per heavy atom. The maximum atomic E-state index is 5.72. The summed E-state index contributed by atoms with van der Waals surface area (Å²) in [6.45, 7) is 5.72. The fraction of sp³-hybridized carbons (Fsp3) is 0.600. The Bertz CT molecular complexity index is 575. The Hall–Kier alpha value is -1.24. The summed E-state index contributed by atoms with van der Waals surface area (Å²) in [5, 5.41) is 9.73. The highest BCUT2D eigenvalue weighted by Gasteiger charge is 2.28. The Morgan fingerprint density at radius 2 is 2.43 bits per heavy atom. The summed E-state index contributed by atoms with van der Waals surface area (Å²) in [6.07, 6.45) is 2.95. The van der Waals surface area contributed by atoms with Crippen molar-refractivity contribution >= 4 is 11.3 Å². The Labute approximate surface area is 128 Å². The second-order valence-electron chi connectivity index (χ2n) is 5.16. The van der Waals surface area contributed by atoms with Crippen molar-refractivity contribution in [1.29, 1.82) is 0 Å². The predicted molar refractivity (Wildman–Crippen MR) is 81.4 cm³/mol. The van der Waals surface area contributed by atoms with Gasteiger partial charge >= 0.3 is 0 Å². The lowest BCUT2D eigenvalue weighted by molar-refractivity contribution is 0.0477. The van der Waals surface area contributed by atoms with Crippen LogP contribution in [0.2, 0.25) is 0 Å². The zero-order valence-corrected chi connectivity index (χ0v) is 13.3. The fourth-order valence-electron chi connectivity index (χ4n) is 2.72. The zero-order chi connectivity index (χ0) is 14.7. The molecular formula is C15H21N3O2S. The monoisotopic (exact) mass is 307 g/mol. The number of nitrogens with zero attached hydrogens (tertiary/aromatic N) is 2. The molecule has 2 aromatic rings. The lowest BCUT2D eigenvalue weighted by Gasteiger charge is -2.20. The van der Waals surface area contributed by atoms with E-state index in [1.165, 1.54) is 10.4 Å². The van der Waals surface area contributed by atoms with Crippen molar-refractivity contribution in [2.24, 2.45) is 0 Å². The van der Waals surface area contributed by atoms with E-state index in [9.17, 15) is 0 Å². The minimum absolute atomic E-state index is 0.0187. The Balaban J connectivity index is 1.82. The van der Waals surface area contributed by atoms with Gasteiger partial charge in [-0.1, -0.05) is 18.5 Å². The van der Waals surface area contributed by atoms with Gasteiger partial charge in [0.25, 0.3) is 0 Å². The average Bonchev–Trinajstić information content (AvgIpc) is 3.15. The van der Waals surface area contributed by atoms with E-state index in [1.54, 1.807) is 11.3 Å². The fourth-order valence-corrected chi connectivity index (χ4v) is 3.64. The molecule has 0 bridgehead atoms. The highest BCUT2D eigenvalue weighted by Crippen LogP contribution is 2.32. The van der Waals surface area contributed by atoms with E-state index < -0.39 is 0 Å². The van der Waals surface area contributed by atoms with Gasteiger partial charge in [0.1, 0.15) is 12.1 Å². The third-order valence-corrected chi connectivity index (χ3v) is 4.70. The number of ether oxygens (including phenoxy) is 1. The summed E-state index contributed by atoms with van der Waals surface area (Å²) >= 11 is 1.80. The van der Waals surface area contributed by atoms with Crippen LogP contribution < -0.4 is 5.32 Å². The Kier molecular flexibility index (Phi) is 4.67. The molecule has 0 fully saturated rings. The summed E-state index contributed by atoms with van der Waals surface area (Å²) in [6, 6.07) is 2.16. The van der Waals surface area contributed by atoms with E-state index in [-0.39, 0.29) is 12.1 Å². The maximum absolute atomic E-state index is 5.72. The van der Waals surface area contributed by atoms with Crippen molar-refractivity contribution in [3.63, 3.8) is 0 Å². The third kappa shape index (κ3) is 3.02. The van der Waals surface area contributed by atoms with Crippen LogP contribution in [0.3, 0.4) is 0 Å². The number of rotatable bonds is 6. The third-order valence-electron chi connectivity index (χ3n) is 3.70. The van der Waals surface area contributed by atoms with Gasteiger partial charge in [-0.15, -0.1) is 11.3 Å². The van der Waals surface area contributed by atoms with Crippen LogP contribution >= 0.6 is 11.3 Å². The average molecular weight is 307 g/mol. The van der Waals surface area contributed by atoms with Gasteiger partial charge in [-0.2, -0.15) is 4.98 Å². The van der Waals surface area contributed by atoms with Crippen LogP contribution in [-0.2, 0) is 11.2 Å². The predicted octanol–water partition coefficient (Wildman–Crippen LogP) is 3.24. The standard InChI is InChI=1S/C15H21N3O2S/c1-3-5-11(19-4-2)14-17-15(20-18-14)13-10-7-9-21-12(10)6-8-16-13/h7,9,11,13,16H,3-6,8H2,1-2H3. The minimum atomic E-state index is -0.0666. The molecule has 0 spiro atoms. The van der Waals surface area contributed by atoms with E-state index in [0.29, 0.717) is 18.3 Å². The topological polar surface area (TPSA) is 60.2 Å². The van der Waals surface area contributed by atoms with Gasteiger partial charge in [0.2, 0.25) is 11.7 Å². The lowest BCUT2D eigenvalue weighted by atomic mass is 10.0. The SMILES string of the molecule is CCCC(OCC)c1noc(C2NCCc3sccc32)n1. The van der Waals surface area contributed by atoms with Crippen molar-refractivity contribution in [1.82, 2.24) is 15.5 Å². The number of aromatic nitrogens is 2. The molecule has 3 heterocycles. The molecule has 0 aromatic carbocycles. The molecule has 1 aliphatic rings. The van der Waals surface area contributed by atoms with Crippen LogP contribution in [0.15, 0.2) is 16.0 Å². The van der Waals surface area contributed by atoms with Crippen molar-refractivity contribution in [3.05, 3.63) is 33.6 Å². The minimum Gasteiger partial charge on any atom is -0.370 e. The lowest BCUT2D eigenvalue weighted by Crippen LogP contribution is -2.29. The van der Waals surface area contributed by atoms with E-state index in [2.05, 4.69) is 33.8 Å². The van der Waals surface area contributed by atoms with E-state index in [1.807, 2.05) is 6.92 Å². The number of hydrogen-bond acceptors (Lipinski definition) is 6. The van der Waals surface area contributed by atoms with E-state index >= 15 is 0 Å². The van der Waals surface area contributed by atoms with E-state index in [4.69, 9.17) is 9.26 Å². The second-order valence-corrected chi connectivity index (χ2v) is 6.16. The van der Waals surface area contributed by atoms with Crippen LogP contribution in [0.1, 0.15) is 61.0 Å². The van der Waals surface area contributed by atoms with Crippen LogP contribution in [0.25, 0.3) is 0 Å². The van der Waals surface area contributed by atoms with Gasteiger partial charge in [0, 0.05) is 18.0 Å². The molecule has 5 nitrogen and oxygen atoms in total. The first-order valence-electron chi connectivity index (χ1n) is 7.58.